The molecule has 18 nitrogen and oxygen atoms in total. The number of amides is 5. The van der Waals surface area contributed by atoms with Crippen molar-refractivity contribution in [2.75, 3.05) is 87.8 Å². The van der Waals surface area contributed by atoms with E-state index in [1.165, 1.54) is 218 Å². The normalized spacial score (nSPS) is 37.8. The SMILES string of the molecule is CNC1CCC2CCCC2N(CC2CCCCC2)C1=O.CNC1CCC2CCCC2N(CC2CCCCCC2)C1=O.CNC1CCC2CCCC2N(CC2CCCCCO2)C1=O.CNC1CCC2CCCC2N(CC2CCCO2)C1=O.CNC1CCC2CCCC2N(CC2CO2)C1=O. The van der Waals surface area contributed by atoms with Gasteiger partial charge < -0.3 is 65.3 Å². The zero-order valence-corrected chi connectivity index (χ0v) is 62.4. The van der Waals surface area contributed by atoms with Gasteiger partial charge in [0, 0.05) is 76.1 Å². The molecule has 7 saturated carbocycles. The smallest absolute Gasteiger partial charge is 0.240 e. The van der Waals surface area contributed by atoms with Gasteiger partial charge in [-0.05, 0) is 256 Å². The molecular formula is C80H140N10O8. The molecule has 18 unspecified atom stereocenters. The third kappa shape index (κ3) is 20.1. The standard InChI is InChI=1S/C18H32N2O.C17H30N2O2.C17H30N2O.C15H26N2O2.C13H22N2O2/c1-19-16-12-11-15-9-6-10-17(15)20(18(16)21)13-14-7-4-2-3-5-8-14;1-18-15-10-9-13-6-5-8-16(13)19(17(15)20)12-14-7-3-2-4-11-21-14;1-18-15-11-10-14-8-5-9-16(14)19(17(15)20)12-13-6-3-2-4-7-13;1-16-13-8-7-11-4-2-6-14(11)17(15(13)18)10-12-5-3-9-19-12;1-14-11-6-5-9-3-2-4-12(9)15(13(11)16)7-10-8-17-10/h14-17,19H,2-13H2,1H3;13-16,18H,2-12H2,1H3;13-16,18H,2-12H2,1H3;11-14,16H,2-10H2,1H3;9-12,14H,2-8H2,1H3. The summed E-state index contributed by atoms with van der Waals surface area (Å²) in [6.45, 7) is 7.11. The van der Waals surface area contributed by atoms with E-state index in [0.717, 1.165) is 145 Å². The molecule has 0 aromatic heterocycles. The number of likely N-dealkylation sites (tertiary alicyclic amines) is 5. The van der Waals surface area contributed by atoms with Crippen molar-refractivity contribution in [2.24, 2.45) is 41.4 Å². The highest BCUT2D eigenvalue weighted by atomic mass is 16.6. The number of likely N-dealkylation sites (N-methyl/N-ethyl adjacent to an activating group) is 5. The molecule has 8 heterocycles. The number of fused-ring (bicyclic) bond motifs is 5. The molecule has 0 bridgehead atoms. The zero-order chi connectivity index (χ0) is 68.3. The molecule has 8 aliphatic heterocycles. The molecular weight excluding hydrogens is 1230 g/mol. The molecule has 0 aromatic rings. The summed E-state index contributed by atoms with van der Waals surface area (Å²) in [6.07, 6.45) is 53.3. The van der Waals surface area contributed by atoms with Gasteiger partial charge in [0.1, 0.15) is 0 Å². The highest BCUT2D eigenvalue weighted by Crippen LogP contribution is 2.43. The molecule has 558 valence electrons. The molecule has 15 fully saturated rings. The molecule has 5 amide bonds. The van der Waals surface area contributed by atoms with Crippen molar-refractivity contribution in [1.29, 1.82) is 0 Å². The Morgan fingerprint density at radius 1 is 0.255 bits per heavy atom. The van der Waals surface area contributed by atoms with Crippen molar-refractivity contribution in [3.8, 4) is 0 Å². The summed E-state index contributed by atoms with van der Waals surface area (Å²) < 4.78 is 17.0. The van der Waals surface area contributed by atoms with Crippen LogP contribution in [0.5, 0.6) is 0 Å². The lowest BCUT2D eigenvalue weighted by atomic mass is 9.88. The number of carbonyl (C=O) groups excluding carboxylic acids is 5. The highest BCUT2D eigenvalue weighted by molar-refractivity contribution is 5.85. The lowest BCUT2D eigenvalue weighted by Gasteiger charge is -2.36. The summed E-state index contributed by atoms with van der Waals surface area (Å²) in [5.74, 6) is 6.99. The van der Waals surface area contributed by atoms with Gasteiger partial charge in [0.25, 0.3) is 0 Å². The third-order valence-electron chi connectivity index (χ3n) is 27.6. The van der Waals surface area contributed by atoms with Gasteiger partial charge in [0.15, 0.2) is 0 Å². The first-order valence-corrected chi connectivity index (χ1v) is 41.7. The van der Waals surface area contributed by atoms with Crippen molar-refractivity contribution in [3.05, 3.63) is 0 Å². The van der Waals surface area contributed by atoms with Gasteiger partial charge >= 0.3 is 0 Å². The Balaban J connectivity index is 0.000000124. The van der Waals surface area contributed by atoms with Crippen LogP contribution >= 0.6 is 0 Å². The molecule has 18 atom stereocenters. The van der Waals surface area contributed by atoms with Gasteiger partial charge in [-0.2, -0.15) is 0 Å². The van der Waals surface area contributed by atoms with E-state index in [9.17, 15) is 24.0 Å². The lowest BCUT2D eigenvalue weighted by Crippen LogP contribution is -2.51. The van der Waals surface area contributed by atoms with Gasteiger partial charge in [-0.15, -0.1) is 0 Å². The van der Waals surface area contributed by atoms with Crippen LogP contribution in [0, 0.1) is 41.4 Å². The number of carbonyl (C=O) groups is 5. The van der Waals surface area contributed by atoms with Gasteiger partial charge in [-0.3, -0.25) is 24.0 Å². The van der Waals surface area contributed by atoms with Crippen LogP contribution in [0.2, 0.25) is 0 Å². The van der Waals surface area contributed by atoms with E-state index in [-0.39, 0.29) is 42.4 Å². The third-order valence-corrected chi connectivity index (χ3v) is 27.6. The minimum Gasteiger partial charge on any atom is -0.376 e. The number of nitrogens with one attached hydrogen (secondary N) is 5. The Kier molecular flexibility index (Phi) is 30.1. The van der Waals surface area contributed by atoms with Crippen molar-refractivity contribution in [1.82, 2.24) is 51.1 Å². The summed E-state index contributed by atoms with van der Waals surface area (Å²) >= 11 is 0. The minimum atomic E-state index is 0.0152. The monoisotopic (exact) mass is 1370 g/mol. The number of hydrogen-bond donors (Lipinski definition) is 5. The Morgan fingerprint density at radius 2 is 0.510 bits per heavy atom. The maximum atomic E-state index is 12.9. The minimum absolute atomic E-state index is 0.0152. The van der Waals surface area contributed by atoms with Crippen LogP contribution in [0.1, 0.15) is 270 Å². The average molecular weight is 1370 g/mol. The van der Waals surface area contributed by atoms with Gasteiger partial charge in [-0.1, -0.05) is 89.9 Å². The molecule has 18 heteroatoms. The van der Waals surface area contributed by atoms with Crippen LogP contribution < -0.4 is 26.6 Å². The summed E-state index contributed by atoms with van der Waals surface area (Å²) in [6, 6.07) is 2.77. The Hall–Kier alpha value is -2.97. The summed E-state index contributed by atoms with van der Waals surface area (Å²) in [5, 5.41) is 16.1. The van der Waals surface area contributed by atoms with Crippen molar-refractivity contribution in [3.63, 3.8) is 0 Å². The number of ether oxygens (including phenoxy) is 3. The maximum Gasteiger partial charge on any atom is 0.240 e. The molecule has 5 N–H and O–H groups in total. The molecule has 0 radical (unpaired) electrons. The first kappa shape index (κ1) is 76.2. The van der Waals surface area contributed by atoms with Crippen molar-refractivity contribution < 1.29 is 38.2 Å². The summed E-state index contributed by atoms with van der Waals surface area (Å²) in [5.41, 5.74) is 0. The Bertz CT molecular complexity index is 2360. The van der Waals surface area contributed by atoms with Crippen LogP contribution in [0.25, 0.3) is 0 Å². The van der Waals surface area contributed by atoms with E-state index >= 15 is 0 Å². The zero-order valence-electron chi connectivity index (χ0n) is 62.4. The number of epoxide rings is 1. The highest BCUT2D eigenvalue weighted by Gasteiger charge is 2.47. The predicted molar refractivity (Wildman–Crippen MR) is 389 cm³/mol. The Labute approximate surface area is 593 Å². The fourth-order valence-corrected chi connectivity index (χ4v) is 21.8. The van der Waals surface area contributed by atoms with Crippen molar-refractivity contribution >= 4 is 29.5 Å². The first-order chi connectivity index (χ1) is 48.0. The molecule has 7 aliphatic carbocycles. The van der Waals surface area contributed by atoms with E-state index in [4.69, 9.17) is 14.2 Å². The van der Waals surface area contributed by atoms with Gasteiger partial charge in [0.2, 0.25) is 29.5 Å². The molecule has 15 rings (SSSR count). The van der Waals surface area contributed by atoms with Crippen LogP contribution in [0.3, 0.4) is 0 Å². The molecule has 98 heavy (non-hydrogen) atoms. The lowest BCUT2D eigenvalue weighted by molar-refractivity contribution is -0.138. The Morgan fingerprint density at radius 3 is 0.796 bits per heavy atom. The molecule has 8 saturated heterocycles. The summed E-state index contributed by atoms with van der Waals surface area (Å²) in [4.78, 5) is 75.0. The van der Waals surface area contributed by atoms with Crippen LogP contribution in [0.15, 0.2) is 0 Å². The van der Waals surface area contributed by atoms with Gasteiger partial charge in [-0.25, -0.2) is 0 Å². The topological polar surface area (TPSA) is 193 Å². The largest absolute Gasteiger partial charge is 0.376 e. The maximum absolute atomic E-state index is 12.9. The molecule has 0 spiro atoms. The second-order valence-electron chi connectivity index (χ2n) is 33.6. The van der Waals surface area contributed by atoms with E-state index < -0.39 is 0 Å². The van der Waals surface area contributed by atoms with E-state index in [0.29, 0.717) is 65.8 Å². The van der Waals surface area contributed by atoms with E-state index in [2.05, 4.69) is 51.1 Å². The summed E-state index contributed by atoms with van der Waals surface area (Å²) in [7, 11) is 9.63. The second kappa shape index (κ2) is 38.7. The fraction of sp³-hybridized carbons (Fsp3) is 0.938. The van der Waals surface area contributed by atoms with Crippen LogP contribution in [-0.2, 0) is 38.2 Å². The molecule has 0 aromatic carbocycles. The van der Waals surface area contributed by atoms with Crippen molar-refractivity contribution in [2.45, 2.75) is 348 Å². The van der Waals surface area contributed by atoms with Crippen LogP contribution in [-0.4, -0.2) is 221 Å². The van der Waals surface area contributed by atoms with Gasteiger partial charge in [0.05, 0.1) is 55.1 Å². The number of hydrogen-bond acceptors (Lipinski definition) is 13. The van der Waals surface area contributed by atoms with E-state index in [1.54, 1.807) is 0 Å². The first-order valence-electron chi connectivity index (χ1n) is 41.7. The van der Waals surface area contributed by atoms with Crippen LogP contribution in [0.4, 0.5) is 0 Å². The fourth-order valence-electron chi connectivity index (χ4n) is 21.8. The predicted octanol–water partition coefficient (Wildman–Crippen LogP) is 10.9. The second-order valence-corrected chi connectivity index (χ2v) is 33.6. The average Bonchev–Trinajstić information content (AvgIpc) is 1.69. The quantitative estimate of drug-likeness (QED) is 0.0769. The number of rotatable bonds is 15. The molecule has 15 aliphatic rings. The van der Waals surface area contributed by atoms with E-state index in [1.807, 2.05) is 35.2 Å². The number of nitrogens with zero attached hydrogens (tertiary/aromatic N) is 5.